The van der Waals surface area contributed by atoms with E-state index in [-0.39, 0.29) is 11.8 Å². The average Bonchev–Trinajstić information content (AvgIpc) is 2.13. The van der Waals surface area contributed by atoms with Gasteiger partial charge in [-0.2, -0.15) is 0 Å². The minimum Gasteiger partial charge on any atom is -0.369 e. The first-order chi connectivity index (χ1) is 7.69. The van der Waals surface area contributed by atoms with Crippen LogP contribution in [0.15, 0.2) is 0 Å². The van der Waals surface area contributed by atoms with Crippen LogP contribution in [0.2, 0.25) is 0 Å². The van der Waals surface area contributed by atoms with Crippen molar-refractivity contribution >= 4 is 5.91 Å². The second-order valence-corrected chi connectivity index (χ2v) is 5.76. The van der Waals surface area contributed by atoms with E-state index in [9.17, 15) is 4.79 Å². The first-order valence-corrected chi connectivity index (χ1v) is 6.47. The van der Waals surface area contributed by atoms with Gasteiger partial charge in [-0.25, -0.2) is 0 Å². The maximum atomic E-state index is 11.0. The van der Waals surface area contributed by atoms with Gasteiger partial charge in [0.1, 0.15) is 0 Å². The van der Waals surface area contributed by atoms with Gasteiger partial charge in [0.15, 0.2) is 0 Å². The molecule has 4 nitrogen and oxygen atoms in total. The maximum Gasteiger partial charge on any atom is 0.220 e. The Bertz CT molecular complexity index is 295. The van der Waals surface area contributed by atoms with Crippen molar-refractivity contribution in [3.05, 3.63) is 0 Å². The summed E-state index contributed by atoms with van der Waals surface area (Å²) in [6, 6.07) is 0.622. The number of nitrogens with zero attached hydrogens (tertiary/aromatic N) is 1. The summed E-state index contributed by atoms with van der Waals surface area (Å²) in [6.07, 6.45) is 6.01. The molecule has 0 radical (unpaired) electrons. The highest BCUT2D eigenvalue weighted by Crippen LogP contribution is 2.38. The molecule has 3 rings (SSSR count). The van der Waals surface area contributed by atoms with Crippen LogP contribution in [0.4, 0.5) is 0 Å². The minimum absolute atomic E-state index is 0.107. The fraction of sp³-hybridized carbons (Fsp3) is 0.917. The molecule has 3 N–H and O–H groups in total. The fourth-order valence-corrected chi connectivity index (χ4v) is 3.36. The van der Waals surface area contributed by atoms with Crippen molar-refractivity contribution in [2.45, 2.75) is 43.7 Å². The Morgan fingerprint density at radius 2 is 2.12 bits per heavy atom. The molecule has 1 aliphatic heterocycles. The number of nitrogens with two attached hydrogens (primary N) is 1. The molecule has 90 valence electrons. The molecule has 1 spiro atoms. The lowest BCUT2D eigenvalue weighted by Gasteiger charge is -2.53. The maximum absolute atomic E-state index is 11.0. The Labute approximate surface area is 96.5 Å². The van der Waals surface area contributed by atoms with Crippen molar-refractivity contribution in [2.24, 2.45) is 11.7 Å². The van der Waals surface area contributed by atoms with Gasteiger partial charge in [0.05, 0.1) is 0 Å². The molecule has 16 heavy (non-hydrogen) atoms. The summed E-state index contributed by atoms with van der Waals surface area (Å²) in [4.78, 5) is 13.6. The minimum atomic E-state index is -0.107. The van der Waals surface area contributed by atoms with Crippen molar-refractivity contribution in [3.8, 4) is 0 Å². The molecule has 0 aromatic rings. The predicted molar refractivity (Wildman–Crippen MR) is 61.9 cm³/mol. The third kappa shape index (κ3) is 1.64. The number of hydrogen-bond donors (Lipinski definition) is 2. The molecule has 4 heteroatoms. The number of carbonyl (C=O) groups is 1. The number of rotatable bonds is 2. The molecule has 2 aliphatic carbocycles. The molecule has 3 fully saturated rings. The SMILES string of the molecule is NC(=O)C1CC(N2CCNC3(CCC3)C2)C1. The smallest absolute Gasteiger partial charge is 0.220 e. The van der Waals surface area contributed by atoms with E-state index < -0.39 is 0 Å². The highest BCUT2D eigenvalue weighted by Gasteiger charge is 2.45. The molecule has 0 aromatic carbocycles. The summed E-state index contributed by atoms with van der Waals surface area (Å²) < 4.78 is 0. The van der Waals surface area contributed by atoms with Crippen LogP contribution in [0, 0.1) is 5.92 Å². The van der Waals surface area contributed by atoms with E-state index in [0.29, 0.717) is 11.6 Å². The zero-order valence-corrected chi connectivity index (χ0v) is 9.74. The van der Waals surface area contributed by atoms with Gasteiger partial charge in [-0.1, -0.05) is 0 Å². The van der Waals surface area contributed by atoms with Crippen molar-refractivity contribution in [1.29, 1.82) is 0 Å². The lowest BCUT2D eigenvalue weighted by atomic mass is 9.73. The van der Waals surface area contributed by atoms with Crippen LogP contribution < -0.4 is 11.1 Å². The molecule has 3 aliphatic rings. The van der Waals surface area contributed by atoms with Crippen LogP contribution in [0.25, 0.3) is 0 Å². The van der Waals surface area contributed by atoms with Crippen molar-refractivity contribution in [2.75, 3.05) is 19.6 Å². The predicted octanol–water partition coefficient (Wildman–Crippen LogP) is 0.0782. The molecule has 0 aromatic heterocycles. The van der Waals surface area contributed by atoms with E-state index in [0.717, 1.165) is 25.9 Å². The van der Waals surface area contributed by atoms with Gasteiger partial charge in [0, 0.05) is 37.1 Å². The van der Waals surface area contributed by atoms with Gasteiger partial charge in [-0.3, -0.25) is 9.69 Å². The quantitative estimate of drug-likeness (QED) is 0.697. The highest BCUT2D eigenvalue weighted by atomic mass is 16.1. The Hall–Kier alpha value is -0.610. The monoisotopic (exact) mass is 223 g/mol. The Kier molecular flexibility index (Phi) is 2.44. The number of nitrogens with one attached hydrogen (secondary N) is 1. The van der Waals surface area contributed by atoms with Crippen LogP contribution >= 0.6 is 0 Å². The topological polar surface area (TPSA) is 58.4 Å². The average molecular weight is 223 g/mol. The summed E-state index contributed by atoms with van der Waals surface area (Å²) in [5.74, 6) is 0.0435. The van der Waals surface area contributed by atoms with Crippen molar-refractivity contribution < 1.29 is 4.79 Å². The van der Waals surface area contributed by atoms with E-state index in [1.165, 1.54) is 25.8 Å². The second kappa shape index (κ2) is 3.70. The molecule has 0 atom stereocenters. The Balaban J connectivity index is 1.54. The number of piperazine rings is 1. The molecule has 0 unspecified atom stereocenters. The Morgan fingerprint density at radius 3 is 2.69 bits per heavy atom. The number of carbonyl (C=O) groups excluding carboxylic acids is 1. The molecule has 2 saturated carbocycles. The normalized spacial score (nSPS) is 37.8. The highest BCUT2D eigenvalue weighted by molar-refractivity contribution is 5.77. The number of hydrogen-bond acceptors (Lipinski definition) is 3. The van der Waals surface area contributed by atoms with Gasteiger partial charge in [0.2, 0.25) is 5.91 Å². The standard InChI is InChI=1S/C12H21N3O/c13-11(16)9-6-10(7-9)15-5-4-14-12(8-15)2-1-3-12/h9-10,14H,1-8H2,(H2,13,16). The summed E-state index contributed by atoms with van der Waals surface area (Å²) >= 11 is 0. The third-order valence-electron chi connectivity index (χ3n) is 4.75. The van der Waals surface area contributed by atoms with Gasteiger partial charge in [-0.15, -0.1) is 0 Å². The van der Waals surface area contributed by atoms with Crippen LogP contribution in [0.5, 0.6) is 0 Å². The summed E-state index contributed by atoms with van der Waals surface area (Å²) in [7, 11) is 0. The third-order valence-corrected chi connectivity index (χ3v) is 4.75. The lowest BCUT2D eigenvalue weighted by molar-refractivity contribution is -0.127. The van der Waals surface area contributed by atoms with E-state index in [2.05, 4.69) is 10.2 Å². The van der Waals surface area contributed by atoms with Crippen molar-refractivity contribution in [3.63, 3.8) is 0 Å². The molecular formula is C12H21N3O. The van der Waals surface area contributed by atoms with Crippen LogP contribution in [-0.2, 0) is 4.79 Å². The molecule has 0 bridgehead atoms. The van der Waals surface area contributed by atoms with E-state index >= 15 is 0 Å². The lowest BCUT2D eigenvalue weighted by Crippen LogP contribution is -2.66. The van der Waals surface area contributed by atoms with E-state index in [1.807, 2.05) is 0 Å². The summed E-state index contributed by atoms with van der Waals surface area (Å²) in [6.45, 7) is 3.43. The summed E-state index contributed by atoms with van der Waals surface area (Å²) in [5, 5.41) is 3.67. The Morgan fingerprint density at radius 1 is 1.38 bits per heavy atom. The van der Waals surface area contributed by atoms with Crippen LogP contribution in [0.1, 0.15) is 32.1 Å². The number of amides is 1. The molecule has 1 heterocycles. The fourth-order valence-electron chi connectivity index (χ4n) is 3.36. The van der Waals surface area contributed by atoms with E-state index in [4.69, 9.17) is 5.73 Å². The second-order valence-electron chi connectivity index (χ2n) is 5.76. The number of primary amides is 1. The van der Waals surface area contributed by atoms with Crippen LogP contribution in [-0.4, -0.2) is 42.0 Å². The molecule has 1 saturated heterocycles. The zero-order valence-electron chi connectivity index (χ0n) is 9.74. The zero-order chi connectivity index (χ0) is 11.2. The molecule has 1 amide bonds. The van der Waals surface area contributed by atoms with Gasteiger partial charge < -0.3 is 11.1 Å². The van der Waals surface area contributed by atoms with Crippen molar-refractivity contribution in [1.82, 2.24) is 10.2 Å². The largest absolute Gasteiger partial charge is 0.369 e. The molecular weight excluding hydrogens is 202 g/mol. The van der Waals surface area contributed by atoms with Gasteiger partial charge in [0.25, 0.3) is 0 Å². The van der Waals surface area contributed by atoms with E-state index in [1.54, 1.807) is 0 Å². The van der Waals surface area contributed by atoms with Gasteiger partial charge in [-0.05, 0) is 32.1 Å². The van der Waals surface area contributed by atoms with Gasteiger partial charge >= 0.3 is 0 Å². The van der Waals surface area contributed by atoms with Crippen LogP contribution in [0.3, 0.4) is 0 Å². The first kappa shape index (κ1) is 10.5. The first-order valence-electron chi connectivity index (χ1n) is 6.47. The summed E-state index contributed by atoms with van der Waals surface area (Å²) in [5.41, 5.74) is 5.74.